The third-order valence-corrected chi connectivity index (χ3v) is 2.72. The van der Waals surface area contributed by atoms with Crippen LogP contribution in [0.4, 0.5) is 0 Å². The minimum Gasteiger partial charge on any atom is -0.300 e. The first-order valence-electron chi connectivity index (χ1n) is 6.77. The summed E-state index contributed by atoms with van der Waals surface area (Å²) in [6.07, 6.45) is 14.0. The largest absolute Gasteiger partial charge is 0.300 e. The molecular formula is C16H32O. The lowest BCUT2D eigenvalue weighted by atomic mass is 10.0. The molecule has 0 aromatic rings. The molecule has 0 aliphatic carbocycles. The van der Waals surface area contributed by atoms with E-state index in [0.717, 1.165) is 12.3 Å². The highest BCUT2D eigenvalue weighted by Crippen LogP contribution is 2.11. The zero-order valence-electron chi connectivity index (χ0n) is 11.3. The summed E-state index contributed by atoms with van der Waals surface area (Å²) in [5, 5.41) is 0. The van der Waals surface area contributed by atoms with E-state index in [1.54, 1.807) is 6.92 Å². The Labute approximate surface area is 109 Å². The van der Waals surface area contributed by atoms with Gasteiger partial charge < -0.3 is 0 Å². The van der Waals surface area contributed by atoms with Crippen molar-refractivity contribution in [3.8, 4) is 0 Å². The number of carbonyl (C=O) groups excluding carboxylic acids is 1. The number of unbranched alkanes of at least 4 members (excludes halogenated alkanes) is 5. The average Bonchev–Trinajstić information content (AvgIpc) is 2.20. The molecule has 0 rings (SSSR count). The highest BCUT2D eigenvalue weighted by Gasteiger charge is 1.94. The van der Waals surface area contributed by atoms with Crippen LogP contribution in [0, 0.1) is 5.92 Å². The number of carbonyl (C=O) groups is 1. The molecule has 0 unspecified atom stereocenters. The van der Waals surface area contributed by atoms with Gasteiger partial charge in [0, 0.05) is 6.42 Å². The van der Waals surface area contributed by atoms with E-state index < -0.39 is 0 Å². The van der Waals surface area contributed by atoms with E-state index in [2.05, 4.69) is 19.9 Å². The Morgan fingerprint density at radius 1 is 1.00 bits per heavy atom. The molecule has 0 spiro atoms. The zero-order chi connectivity index (χ0) is 12.2. The van der Waals surface area contributed by atoms with Crippen molar-refractivity contribution in [3.05, 3.63) is 12.2 Å². The molecule has 0 aromatic carbocycles. The molecule has 17 heavy (non-hydrogen) atoms. The summed E-state index contributed by atoms with van der Waals surface area (Å²) in [6.45, 7) is 6.22. The summed E-state index contributed by atoms with van der Waals surface area (Å²) in [7, 11) is 0. The Morgan fingerprint density at radius 2 is 1.59 bits per heavy atom. The monoisotopic (exact) mass is 240 g/mol. The van der Waals surface area contributed by atoms with Gasteiger partial charge in [-0.05, 0) is 25.7 Å². The predicted molar refractivity (Wildman–Crippen MR) is 78.3 cm³/mol. The maximum atomic E-state index is 10.7. The fourth-order valence-electron chi connectivity index (χ4n) is 1.71. The van der Waals surface area contributed by atoms with E-state index in [-0.39, 0.29) is 13.2 Å². The van der Waals surface area contributed by atoms with Crippen molar-refractivity contribution in [2.24, 2.45) is 5.92 Å². The van der Waals surface area contributed by atoms with Crippen LogP contribution in [0.3, 0.4) is 0 Å². The van der Waals surface area contributed by atoms with Crippen LogP contribution in [0.1, 0.15) is 79.6 Å². The van der Waals surface area contributed by atoms with Gasteiger partial charge >= 0.3 is 0 Å². The van der Waals surface area contributed by atoms with Crippen molar-refractivity contribution >= 4 is 5.78 Å². The van der Waals surface area contributed by atoms with E-state index in [1.807, 2.05) is 6.08 Å². The minimum absolute atomic E-state index is 0. The lowest BCUT2D eigenvalue weighted by molar-refractivity contribution is -0.116. The molecular weight excluding hydrogens is 208 g/mol. The van der Waals surface area contributed by atoms with Gasteiger partial charge in [-0.15, -0.1) is 0 Å². The fraction of sp³-hybridized carbons (Fsp3) is 0.812. The SMILES string of the molecule is C.CC(=O)C/C=C/CCCCCCCC(C)C. The van der Waals surface area contributed by atoms with Crippen LogP contribution in [-0.2, 0) is 4.79 Å². The third kappa shape index (κ3) is 18.0. The summed E-state index contributed by atoms with van der Waals surface area (Å²) < 4.78 is 0. The zero-order valence-corrected chi connectivity index (χ0v) is 11.3. The molecule has 0 saturated carbocycles. The maximum Gasteiger partial charge on any atom is 0.133 e. The molecule has 0 saturated heterocycles. The first kappa shape index (κ1) is 18.8. The highest BCUT2D eigenvalue weighted by molar-refractivity contribution is 5.76. The second-order valence-corrected chi connectivity index (χ2v) is 5.12. The molecule has 0 N–H and O–H groups in total. The van der Waals surface area contributed by atoms with Gasteiger partial charge in [0.1, 0.15) is 5.78 Å². The third-order valence-electron chi connectivity index (χ3n) is 2.72. The molecule has 0 aliphatic rings. The van der Waals surface area contributed by atoms with Gasteiger partial charge in [0.15, 0.2) is 0 Å². The predicted octanol–water partition coefficient (Wildman–Crippen LogP) is 5.54. The summed E-state index contributed by atoms with van der Waals surface area (Å²) in [6, 6.07) is 0. The van der Waals surface area contributed by atoms with E-state index in [9.17, 15) is 4.79 Å². The number of allylic oxidation sites excluding steroid dienone is 2. The molecule has 1 heteroatoms. The van der Waals surface area contributed by atoms with Crippen molar-refractivity contribution < 1.29 is 4.79 Å². The van der Waals surface area contributed by atoms with Gasteiger partial charge in [0.25, 0.3) is 0 Å². The summed E-state index contributed by atoms with van der Waals surface area (Å²) in [5.74, 6) is 1.11. The average molecular weight is 240 g/mol. The molecule has 0 aliphatic heterocycles. The highest BCUT2D eigenvalue weighted by atomic mass is 16.1. The first-order chi connectivity index (χ1) is 7.63. The molecule has 0 bridgehead atoms. The number of hydrogen-bond donors (Lipinski definition) is 0. The molecule has 0 heterocycles. The lowest BCUT2D eigenvalue weighted by Crippen LogP contribution is -1.87. The standard InChI is InChI=1S/C15H28O.CH4/c1-14(2)12-10-8-6-4-5-7-9-11-13-15(3)16;/h9,11,14H,4-8,10,12-13H2,1-3H3;1H4/b11-9+;. The smallest absolute Gasteiger partial charge is 0.133 e. The molecule has 102 valence electrons. The summed E-state index contributed by atoms with van der Waals surface area (Å²) in [4.78, 5) is 10.7. The second-order valence-electron chi connectivity index (χ2n) is 5.12. The molecule has 0 amide bonds. The van der Waals surface area contributed by atoms with Gasteiger partial charge in [-0.1, -0.05) is 65.5 Å². The summed E-state index contributed by atoms with van der Waals surface area (Å²) >= 11 is 0. The van der Waals surface area contributed by atoms with E-state index in [4.69, 9.17) is 0 Å². The van der Waals surface area contributed by atoms with Crippen molar-refractivity contribution in [2.75, 3.05) is 0 Å². The van der Waals surface area contributed by atoms with E-state index in [1.165, 1.54) is 38.5 Å². The van der Waals surface area contributed by atoms with Crippen LogP contribution in [-0.4, -0.2) is 5.78 Å². The van der Waals surface area contributed by atoms with Gasteiger partial charge in [0.05, 0.1) is 0 Å². The minimum atomic E-state index is 0. The van der Waals surface area contributed by atoms with Crippen molar-refractivity contribution in [1.29, 1.82) is 0 Å². The molecule has 0 atom stereocenters. The Hall–Kier alpha value is -0.590. The first-order valence-corrected chi connectivity index (χ1v) is 6.77. The number of Topliss-reactive ketones (excluding diaryl/α,β-unsaturated/α-hetero) is 1. The van der Waals surface area contributed by atoms with Crippen molar-refractivity contribution in [2.45, 2.75) is 79.6 Å². The normalized spacial score (nSPS) is 10.8. The Bertz CT molecular complexity index is 192. The van der Waals surface area contributed by atoms with E-state index >= 15 is 0 Å². The topological polar surface area (TPSA) is 17.1 Å². The molecule has 0 aromatic heterocycles. The van der Waals surface area contributed by atoms with Crippen LogP contribution in [0.15, 0.2) is 12.2 Å². The van der Waals surface area contributed by atoms with Crippen LogP contribution in [0.2, 0.25) is 0 Å². The van der Waals surface area contributed by atoms with Gasteiger partial charge in [-0.3, -0.25) is 4.79 Å². The van der Waals surface area contributed by atoms with Gasteiger partial charge in [0.2, 0.25) is 0 Å². The van der Waals surface area contributed by atoms with Gasteiger partial charge in [-0.25, -0.2) is 0 Å². The van der Waals surface area contributed by atoms with Gasteiger partial charge in [-0.2, -0.15) is 0 Å². The van der Waals surface area contributed by atoms with Crippen LogP contribution < -0.4 is 0 Å². The van der Waals surface area contributed by atoms with E-state index in [0.29, 0.717) is 6.42 Å². The molecule has 0 fully saturated rings. The summed E-state index contributed by atoms with van der Waals surface area (Å²) in [5.41, 5.74) is 0. The molecule has 0 radical (unpaired) electrons. The number of ketones is 1. The Morgan fingerprint density at radius 3 is 2.18 bits per heavy atom. The second kappa shape index (κ2) is 13.5. The van der Waals surface area contributed by atoms with Crippen molar-refractivity contribution in [3.63, 3.8) is 0 Å². The number of hydrogen-bond acceptors (Lipinski definition) is 1. The lowest BCUT2D eigenvalue weighted by Gasteiger charge is -2.03. The molecule has 1 nitrogen and oxygen atoms in total. The maximum absolute atomic E-state index is 10.7. The fourth-order valence-corrected chi connectivity index (χ4v) is 1.71. The quantitative estimate of drug-likeness (QED) is 0.362. The van der Waals surface area contributed by atoms with Crippen LogP contribution in [0.5, 0.6) is 0 Å². The van der Waals surface area contributed by atoms with Crippen LogP contribution in [0.25, 0.3) is 0 Å². The van der Waals surface area contributed by atoms with Crippen LogP contribution >= 0.6 is 0 Å². The number of rotatable bonds is 10. The Kier molecular flexibility index (Phi) is 14.9. The van der Waals surface area contributed by atoms with Crippen molar-refractivity contribution in [1.82, 2.24) is 0 Å². The Balaban J connectivity index is 0.